The molecule has 0 aliphatic rings. The summed E-state index contributed by atoms with van der Waals surface area (Å²) in [7, 11) is 0. The van der Waals surface area contributed by atoms with E-state index in [2.05, 4.69) is 15.0 Å². The van der Waals surface area contributed by atoms with Crippen molar-refractivity contribution in [2.45, 2.75) is 35.6 Å². The summed E-state index contributed by atoms with van der Waals surface area (Å²) in [5.41, 5.74) is 0.312. The fourth-order valence-corrected chi connectivity index (χ4v) is 3.23. The Balaban J connectivity index is 2.19. The first-order chi connectivity index (χ1) is 9.44. The van der Waals surface area contributed by atoms with Crippen LogP contribution in [0.1, 0.15) is 31.3 Å². The van der Waals surface area contributed by atoms with Crippen molar-refractivity contribution in [3.05, 3.63) is 33.3 Å². The van der Waals surface area contributed by atoms with Gasteiger partial charge in [0.1, 0.15) is 10.9 Å². The van der Waals surface area contributed by atoms with Gasteiger partial charge in [-0.2, -0.15) is 0 Å². The van der Waals surface area contributed by atoms with Gasteiger partial charge >= 0.3 is 5.97 Å². The van der Waals surface area contributed by atoms with Crippen LogP contribution in [0, 0.1) is 0 Å². The van der Waals surface area contributed by atoms with E-state index < -0.39 is 5.97 Å². The molecule has 0 bridgehead atoms. The SMILES string of the molecule is CC(C)c1nc(Sc2nc(CC(=O)O)cs2)cc(=O)[nH]1. The van der Waals surface area contributed by atoms with Crippen molar-refractivity contribution in [3.8, 4) is 0 Å². The summed E-state index contributed by atoms with van der Waals surface area (Å²) in [6.45, 7) is 3.89. The molecule has 2 aromatic rings. The maximum atomic E-state index is 11.6. The molecule has 106 valence electrons. The van der Waals surface area contributed by atoms with Crippen molar-refractivity contribution in [2.75, 3.05) is 0 Å². The lowest BCUT2D eigenvalue weighted by Crippen LogP contribution is -2.11. The quantitative estimate of drug-likeness (QED) is 0.821. The lowest BCUT2D eigenvalue weighted by molar-refractivity contribution is -0.136. The van der Waals surface area contributed by atoms with E-state index in [4.69, 9.17) is 5.11 Å². The third kappa shape index (κ3) is 3.91. The van der Waals surface area contributed by atoms with E-state index in [1.807, 2.05) is 13.8 Å². The van der Waals surface area contributed by atoms with Crippen LogP contribution >= 0.6 is 23.1 Å². The Morgan fingerprint density at radius 3 is 2.90 bits per heavy atom. The van der Waals surface area contributed by atoms with E-state index in [9.17, 15) is 9.59 Å². The molecule has 0 aliphatic carbocycles. The summed E-state index contributed by atoms with van der Waals surface area (Å²) in [6.07, 6.45) is -0.100. The number of hydrogen-bond donors (Lipinski definition) is 2. The second-order valence-electron chi connectivity index (χ2n) is 4.40. The molecule has 0 aliphatic heterocycles. The summed E-state index contributed by atoms with van der Waals surface area (Å²) in [6, 6.07) is 1.41. The summed E-state index contributed by atoms with van der Waals surface area (Å²) < 4.78 is 0.675. The van der Waals surface area contributed by atoms with Gasteiger partial charge in [-0.15, -0.1) is 11.3 Å². The number of aromatic nitrogens is 3. The molecule has 0 aromatic carbocycles. The van der Waals surface area contributed by atoms with Gasteiger partial charge in [0, 0.05) is 17.4 Å². The third-order valence-electron chi connectivity index (χ3n) is 2.34. The van der Waals surface area contributed by atoms with Crippen LogP contribution in [0.4, 0.5) is 0 Å². The third-order valence-corrected chi connectivity index (χ3v) is 4.24. The molecule has 2 rings (SSSR count). The van der Waals surface area contributed by atoms with E-state index in [0.717, 1.165) is 0 Å². The summed E-state index contributed by atoms with van der Waals surface area (Å²) >= 11 is 2.61. The van der Waals surface area contributed by atoms with Crippen LogP contribution in [0.2, 0.25) is 0 Å². The fourth-order valence-electron chi connectivity index (χ4n) is 1.44. The zero-order chi connectivity index (χ0) is 14.7. The van der Waals surface area contributed by atoms with Crippen molar-refractivity contribution < 1.29 is 9.90 Å². The van der Waals surface area contributed by atoms with Gasteiger partial charge in [0.25, 0.3) is 5.56 Å². The number of rotatable bonds is 5. The van der Waals surface area contributed by atoms with E-state index in [1.54, 1.807) is 5.38 Å². The van der Waals surface area contributed by atoms with E-state index >= 15 is 0 Å². The first-order valence-corrected chi connectivity index (χ1v) is 7.59. The maximum Gasteiger partial charge on any atom is 0.309 e. The molecular formula is C12H13N3O3S2. The largest absolute Gasteiger partial charge is 0.481 e. The number of aliphatic carboxylic acids is 1. The molecule has 8 heteroatoms. The highest BCUT2D eigenvalue weighted by atomic mass is 32.2. The summed E-state index contributed by atoms with van der Waals surface area (Å²) in [5, 5.41) is 11.0. The Hall–Kier alpha value is -1.67. The number of H-pyrrole nitrogens is 1. The summed E-state index contributed by atoms with van der Waals surface area (Å²) in [5.74, 6) is -0.160. The predicted molar refractivity (Wildman–Crippen MR) is 76.5 cm³/mol. The molecular weight excluding hydrogens is 298 g/mol. The molecule has 0 atom stereocenters. The van der Waals surface area contributed by atoms with Gasteiger partial charge in [-0.05, 0) is 11.8 Å². The number of thiazole rings is 1. The minimum atomic E-state index is -0.914. The normalized spacial score (nSPS) is 10.9. The highest BCUT2D eigenvalue weighted by Crippen LogP contribution is 2.28. The van der Waals surface area contributed by atoms with Crippen LogP contribution in [0.15, 0.2) is 25.6 Å². The van der Waals surface area contributed by atoms with Crippen molar-refractivity contribution in [1.82, 2.24) is 15.0 Å². The van der Waals surface area contributed by atoms with Crippen LogP contribution in [0.5, 0.6) is 0 Å². The number of aromatic amines is 1. The number of nitrogens with zero attached hydrogens (tertiary/aromatic N) is 2. The van der Waals surface area contributed by atoms with Crippen molar-refractivity contribution in [3.63, 3.8) is 0 Å². The first kappa shape index (κ1) is 14.7. The van der Waals surface area contributed by atoms with Gasteiger partial charge < -0.3 is 10.1 Å². The van der Waals surface area contributed by atoms with E-state index in [0.29, 0.717) is 20.9 Å². The molecule has 2 heterocycles. The van der Waals surface area contributed by atoms with E-state index in [1.165, 1.54) is 29.2 Å². The molecule has 0 spiro atoms. The van der Waals surface area contributed by atoms with Gasteiger partial charge in [0.05, 0.1) is 12.1 Å². The van der Waals surface area contributed by atoms with Crippen LogP contribution < -0.4 is 5.56 Å². The molecule has 0 saturated carbocycles. The van der Waals surface area contributed by atoms with Crippen molar-refractivity contribution in [2.24, 2.45) is 0 Å². The Kier molecular flexibility index (Phi) is 4.56. The van der Waals surface area contributed by atoms with Crippen LogP contribution in [0.25, 0.3) is 0 Å². The Labute approximate surface area is 123 Å². The average molecular weight is 311 g/mol. The van der Waals surface area contributed by atoms with Crippen molar-refractivity contribution in [1.29, 1.82) is 0 Å². The summed E-state index contributed by atoms with van der Waals surface area (Å²) in [4.78, 5) is 33.4. The second kappa shape index (κ2) is 6.19. The number of hydrogen-bond acceptors (Lipinski definition) is 6. The molecule has 6 nitrogen and oxygen atoms in total. The molecule has 0 unspecified atom stereocenters. The minimum Gasteiger partial charge on any atom is -0.481 e. The van der Waals surface area contributed by atoms with Crippen LogP contribution in [-0.4, -0.2) is 26.0 Å². The Morgan fingerprint density at radius 1 is 1.50 bits per heavy atom. The molecule has 2 N–H and O–H groups in total. The molecule has 20 heavy (non-hydrogen) atoms. The minimum absolute atomic E-state index is 0.100. The van der Waals surface area contributed by atoms with Gasteiger partial charge in [-0.25, -0.2) is 9.97 Å². The highest BCUT2D eigenvalue weighted by Gasteiger charge is 2.10. The number of carbonyl (C=O) groups is 1. The Morgan fingerprint density at radius 2 is 2.25 bits per heavy atom. The van der Waals surface area contributed by atoms with E-state index in [-0.39, 0.29) is 17.9 Å². The average Bonchev–Trinajstić information content (AvgIpc) is 2.74. The molecule has 0 amide bonds. The standard InChI is InChI=1S/C12H13N3O3S2/c1-6(2)11-14-8(16)4-9(15-11)20-12-13-7(5-19-12)3-10(17)18/h4-6H,3H2,1-2H3,(H,17,18)(H,14,15,16). The lowest BCUT2D eigenvalue weighted by Gasteiger charge is -2.05. The lowest BCUT2D eigenvalue weighted by atomic mass is 10.2. The second-order valence-corrected chi connectivity index (χ2v) is 6.53. The van der Waals surface area contributed by atoms with Gasteiger partial charge in [-0.3, -0.25) is 9.59 Å². The number of carboxylic acids is 1. The van der Waals surface area contributed by atoms with Gasteiger partial charge in [-0.1, -0.05) is 13.8 Å². The Bertz CT molecular complexity index is 679. The number of nitrogens with one attached hydrogen (secondary N) is 1. The molecule has 0 saturated heterocycles. The first-order valence-electron chi connectivity index (χ1n) is 5.89. The molecule has 0 fully saturated rings. The van der Waals surface area contributed by atoms with Crippen LogP contribution in [0.3, 0.4) is 0 Å². The highest BCUT2D eigenvalue weighted by molar-refractivity contribution is 8.01. The monoisotopic (exact) mass is 311 g/mol. The predicted octanol–water partition coefficient (Wildman–Crippen LogP) is 2.13. The molecule has 0 radical (unpaired) electrons. The van der Waals surface area contributed by atoms with Crippen LogP contribution in [-0.2, 0) is 11.2 Å². The topological polar surface area (TPSA) is 95.9 Å². The maximum absolute atomic E-state index is 11.6. The van der Waals surface area contributed by atoms with Gasteiger partial charge in [0.2, 0.25) is 0 Å². The zero-order valence-corrected chi connectivity index (χ0v) is 12.5. The fraction of sp³-hybridized carbons (Fsp3) is 0.333. The van der Waals surface area contributed by atoms with Gasteiger partial charge in [0.15, 0.2) is 4.34 Å². The zero-order valence-electron chi connectivity index (χ0n) is 10.9. The smallest absolute Gasteiger partial charge is 0.309 e. The number of carboxylic acid groups (broad SMARTS) is 1. The molecule has 2 aromatic heterocycles. The van der Waals surface area contributed by atoms with Crippen molar-refractivity contribution >= 4 is 29.1 Å².